The molecule has 0 aliphatic carbocycles. The van der Waals surface area contributed by atoms with Crippen molar-refractivity contribution >= 4 is 12.0 Å². The lowest BCUT2D eigenvalue weighted by atomic mass is 10.2. The van der Waals surface area contributed by atoms with Crippen LogP contribution < -0.4 is 0 Å². The minimum Gasteiger partial charge on any atom is -0.371 e. The summed E-state index contributed by atoms with van der Waals surface area (Å²) in [6.45, 7) is 3.63. The summed E-state index contributed by atoms with van der Waals surface area (Å²) in [5, 5.41) is 0. The Hall–Kier alpha value is -0.510. The van der Waals surface area contributed by atoms with Crippen molar-refractivity contribution in [2.45, 2.75) is 17.9 Å². The molecule has 0 spiro atoms. The molecule has 13 heavy (non-hydrogen) atoms. The van der Waals surface area contributed by atoms with E-state index in [0.717, 1.165) is 11.5 Å². The van der Waals surface area contributed by atoms with Gasteiger partial charge in [-0.15, -0.1) is 0 Å². The van der Waals surface area contributed by atoms with Crippen LogP contribution in [-0.2, 0) is 8.92 Å². The zero-order valence-electron chi connectivity index (χ0n) is 7.53. The summed E-state index contributed by atoms with van der Waals surface area (Å²) in [6, 6.07) is 8.29. The molecular weight excluding hydrogens is 184 g/mol. The van der Waals surface area contributed by atoms with Gasteiger partial charge < -0.3 is 8.92 Å². The summed E-state index contributed by atoms with van der Waals surface area (Å²) in [7, 11) is 0. The molecular formula is C10H12O2S. The Labute approximate surface area is 82.4 Å². The molecule has 0 aromatic heterocycles. The fraction of sp³-hybridized carbons (Fsp3) is 0.400. The number of hydrogen-bond acceptors (Lipinski definition) is 3. The van der Waals surface area contributed by atoms with E-state index in [1.165, 1.54) is 17.6 Å². The van der Waals surface area contributed by atoms with Crippen LogP contribution in [0.4, 0.5) is 0 Å². The van der Waals surface area contributed by atoms with Crippen LogP contribution in [0.1, 0.15) is 5.56 Å². The molecule has 0 bridgehead atoms. The van der Waals surface area contributed by atoms with Gasteiger partial charge in [-0.2, -0.15) is 0 Å². The van der Waals surface area contributed by atoms with Gasteiger partial charge in [0.15, 0.2) is 0 Å². The Balaban J connectivity index is 1.76. The van der Waals surface area contributed by atoms with Crippen LogP contribution in [0.25, 0.3) is 0 Å². The molecule has 0 saturated carbocycles. The van der Waals surface area contributed by atoms with Crippen LogP contribution >= 0.6 is 12.0 Å². The van der Waals surface area contributed by atoms with Crippen molar-refractivity contribution in [1.82, 2.24) is 0 Å². The summed E-state index contributed by atoms with van der Waals surface area (Å²) in [5.74, 6) is 0. The smallest absolute Gasteiger partial charge is 0.106 e. The fourth-order valence-electron chi connectivity index (χ4n) is 0.936. The minimum atomic E-state index is 0.345. The molecule has 1 unspecified atom stereocenters. The molecule has 70 valence electrons. The van der Waals surface area contributed by atoms with Gasteiger partial charge in [-0.3, -0.25) is 0 Å². The molecule has 1 aromatic rings. The lowest BCUT2D eigenvalue weighted by Gasteiger charge is -2.00. The van der Waals surface area contributed by atoms with Gasteiger partial charge in [0, 0.05) is 16.9 Å². The molecule has 1 aliphatic rings. The number of hydrogen-bond donors (Lipinski definition) is 0. The van der Waals surface area contributed by atoms with Crippen molar-refractivity contribution in [3.63, 3.8) is 0 Å². The number of epoxide rings is 1. The lowest BCUT2D eigenvalue weighted by molar-refractivity contribution is 0.295. The van der Waals surface area contributed by atoms with Crippen molar-refractivity contribution in [1.29, 1.82) is 0 Å². The maximum atomic E-state index is 5.38. The highest BCUT2D eigenvalue weighted by atomic mass is 32.2. The third kappa shape index (κ3) is 3.03. The Bertz CT molecular complexity index is 267. The largest absolute Gasteiger partial charge is 0.371 e. The minimum absolute atomic E-state index is 0.345. The average molecular weight is 196 g/mol. The van der Waals surface area contributed by atoms with E-state index in [1.807, 2.05) is 0 Å². The molecule has 0 radical (unpaired) electrons. The van der Waals surface area contributed by atoms with Crippen LogP contribution in [0.2, 0.25) is 0 Å². The highest BCUT2D eigenvalue weighted by Gasteiger charge is 2.22. The monoisotopic (exact) mass is 196 g/mol. The van der Waals surface area contributed by atoms with Crippen LogP contribution in [0, 0.1) is 6.92 Å². The first kappa shape index (κ1) is 9.06. The quantitative estimate of drug-likeness (QED) is 0.545. The second kappa shape index (κ2) is 4.13. The molecule has 0 N–H and O–H groups in total. The maximum absolute atomic E-state index is 5.38. The van der Waals surface area contributed by atoms with Gasteiger partial charge in [-0.25, -0.2) is 0 Å². The molecule has 2 nitrogen and oxygen atoms in total. The topological polar surface area (TPSA) is 21.8 Å². The molecule has 1 atom stereocenters. The van der Waals surface area contributed by atoms with Gasteiger partial charge in [0.1, 0.15) is 6.10 Å². The van der Waals surface area contributed by atoms with Crippen molar-refractivity contribution < 1.29 is 8.92 Å². The standard InChI is InChI=1S/C10H12O2S/c1-8-2-4-10(5-3-8)13-12-7-9-6-11-9/h2-5,9H,6-7H2,1H3. The third-order valence-electron chi connectivity index (χ3n) is 1.83. The number of ether oxygens (including phenoxy) is 1. The predicted molar refractivity (Wildman–Crippen MR) is 52.7 cm³/mol. The first-order valence-corrected chi connectivity index (χ1v) is 5.06. The highest BCUT2D eigenvalue weighted by molar-refractivity contribution is 7.94. The molecule has 1 aliphatic heterocycles. The summed E-state index contributed by atoms with van der Waals surface area (Å²) < 4.78 is 10.4. The molecule has 1 fully saturated rings. The molecule has 1 saturated heterocycles. The SMILES string of the molecule is Cc1ccc(SOCC2CO2)cc1. The third-order valence-corrected chi connectivity index (χ3v) is 2.55. The fourth-order valence-corrected chi connectivity index (χ4v) is 1.54. The molecule has 0 amide bonds. The van der Waals surface area contributed by atoms with Gasteiger partial charge >= 0.3 is 0 Å². The molecule has 3 heteroatoms. The van der Waals surface area contributed by atoms with E-state index in [2.05, 4.69) is 31.2 Å². The van der Waals surface area contributed by atoms with E-state index in [4.69, 9.17) is 8.92 Å². The van der Waals surface area contributed by atoms with Crippen LogP contribution in [0.5, 0.6) is 0 Å². The Kier molecular flexibility index (Phi) is 2.88. The normalized spacial score (nSPS) is 20.2. The predicted octanol–water partition coefficient (Wildman–Crippen LogP) is 2.42. The van der Waals surface area contributed by atoms with E-state index in [9.17, 15) is 0 Å². The first-order valence-electron chi connectivity index (χ1n) is 4.32. The van der Waals surface area contributed by atoms with E-state index < -0.39 is 0 Å². The Morgan fingerprint density at radius 1 is 1.46 bits per heavy atom. The van der Waals surface area contributed by atoms with E-state index in [-0.39, 0.29) is 0 Å². The van der Waals surface area contributed by atoms with Crippen molar-refractivity contribution in [3.8, 4) is 0 Å². The zero-order valence-corrected chi connectivity index (χ0v) is 8.34. The van der Waals surface area contributed by atoms with Gasteiger partial charge in [-0.05, 0) is 19.1 Å². The van der Waals surface area contributed by atoms with Crippen LogP contribution in [-0.4, -0.2) is 19.3 Å². The summed E-state index contributed by atoms with van der Waals surface area (Å²) >= 11 is 1.42. The van der Waals surface area contributed by atoms with Crippen molar-refractivity contribution in [2.24, 2.45) is 0 Å². The number of aryl methyl sites for hydroxylation is 1. The first-order chi connectivity index (χ1) is 6.34. The number of benzene rings is 1. The zero-order chi connectivity index (χ0) is 9.10. The van der Waals surface area contributed by atoms with Gasteiger partial charge in [0.05, 0.1) is 13.2 Å². The van der Waals surface area contributed by atoms with E-state index in [0.29, 0.717) is 12.7 Å². The summed E-state index contributed by atoms with van der Waals surface area (Å²) in [4.78, 5) is 1.14. The van der Waals surface area contributed by atoms with Crippen LogP contribution in [0.15, 0.2) is 29.2 Å². The molecule has 2 rings (SSSR count). The Morgan fingerprint density at radius 2 is 2.15 bits per heavy atom. The lowest BCUT2D eigenvalue weighted by Crippen LogP contribution is -1.94. The van der Waals surface area contributed by atoms with Crippen molar-refractivity contribution in [3.05, 3.63) is 29.8 Å². The van der Waals surface area contributed by atoms with Gasteiger partial charge in [0.2, 0.25) is 0 Å². The highest BCUT2D eigenvalue weighted by Crippen LogP contribution is 2.21. The summed E-state index contributed by atoms with van der Waals surface area (Å²) in [6.07, 6.45) is 0.345. The van der Waals surface area contributed by atoms with Crippen molar-refractivity contribution in [2.75, 3.05) is 13.2 Å². The van der Waals surface area contributed by atoms with Crippen LogP contribution in [0.3, 0.4) is 0 Å². The summed E-state index contributed by atoms with van der Waals surface area (Å²) in [5.41, 5.74) is 1.27. The maximum Gasteiger partial charge on any atom is 0.106 e. The van der Waals surface area contributed by atoms with E-state index >= 15 is 0 Å². The second-order valence-electron chi connectivity index (χ2n) is 3.14. The second-order valence-corrected chi connectivity index (χ2v) is 4.01. The van der Waals surface area contributed by atoms with Gasteiger partial charge in [0.25, 0.3) is 0 Å². The van der Waals surface area contributed by atoms with E-state index in [1.54, 1.807) is 0 Å². The number of rotatable bonds is 4. The van der Waals surface area contributed by atoms with Gasteiger partial charge in [-0.1, -0.05) is 17.7 Å². The molecule has 1 heterocycles. The average Bonchev–Trinajstić information content (AvgIpc) is 2.92. The molecule has 1 aromatic carbocycles. The Morgan fingerprint density at radius 3 is 2.77 bits per heavy atom.